The molecule has 0 spiro atoms. The number of nitrogens with zero attached hydrogens (tertiary/aromatic N) is 1. The van der Waals surface area contributed by atoms with Crippen molar-refractivity contribution in [2.45, 2.75) is 12.1 Å². The third-order valence-electron chi connectivity index (χ3n) is 1.97. The highest BCUT2D eigenvalue weighted by molar-refractivity contribution is 5.70. The minimum atomic E-state index is -0.744. The molecule has 0 aliphatic carbocycles. The van der Waals surface area contributed by atoms with Gasteiger partial charge in [-0.05, 0) is 0 Å². The molecule has 0 aromatic heterocycles. The van der Waals surface area contributed by atoms with Crippen molar-refractivity contribution >= 4 is 6.09 Å². The van der Waals surface area contributed by atoms with E-state index >= 15 is 0 Å². The Labute approximate surface area is 77.1 Å². The maximum absolute atomic E-state index is 11.1. The molecule has 4 nitrogen and oxygen atoms in total. The van der Waals surface area contributed by atoms with Crippen molar-refractivity contribution < 1.29 is 14.6 Å². The van der Waals surface area contributed by atoms with Gasteiger partial charge in [0.25, 0.3) is 0 Å². The van der Waals surface area contributed by atoms with Crippen molar-refractivity contribution in [2.75, 3.05) is 13.2 Å². The molecule has 1 N–H and O–H groups in total. The van der Waals surface area contributed by atoms with Crippen LogP contribution in [-0.4, -0.2) is 41.4 Å². The summed E-state index contributed by atoms with van der Waals surface area (Å²) in [6.07, 6.45) is 1.83. The third-order valence-corrected chi connectivity index (χ3v) is 1.97. The minimum absolute atomic E-state index is 0.208. The molecule has 0 saturated carbocycles. The molecular formula is C9H13NO3. The molecule has 13 heavy (non-hydrogen) atoms. The monoisotopic (exact) mass is 183 g/mol. The lowest BCUT2D eigenvalue weighted by atomic mass is 10.1. The summed E-state index contributed by atoms with van der Waals surface area (Å²) in [5, 5.41) is 9.45. The molecule has 1 saturated heterocycles. The zero-order valence-electron chi connectivity index (χ0n) is 7.35. The lowest BCUT2D eigenvalue weighted by Gasteiger charge is -2.22. The fourth-order valence-electron chi connectivity index (χ4n) is 1.25. The zero-order valence-corrected chi connectivity index (χ0v) is 7.35. The van der Waals surface area contributed by atoms with E-state index in [9.17, 15) is 9.90 Å². The molecule has 0 radical (unpaired) electrons. The van der Waals surface area contributed by atoms with Gasteiger partial charge in [-0.15, -0.1) is 13.2 Å². The molecule has 0 aromatic carbocycles. The van der Waals surface area contributed by atoms with E-state index in [0.29, 0.717) is 6.54 Å². The predicted octanol–water partition coefficient (Wildman–Crippen LogP) is 0.540. The van der Waals surface area contributed by atoms with Crippen LogP contribution in [0.3, 0.4) is 0 Å². The van der Waals surface area contributed by atoms with Crippen molar-refractivity contribution in [1.82, 2.24) is 4.90 Å². The summed E-state index contributed by atoms with van der Waals surface area (Å²) in [5.41, 5.74) is 0. The molecule has 1 aliphatic heterocycles. The topological polar surface area (TPSA) is 49.8 Å². The van der Waals surface area contributed by atoms with Gasteiger partial charge in [-0.1, -0.05) is 12.2 Å². The molecule has 2 atom stereocenters. The highest BCUT2D eigenvalue weighted by atomic mass is 16.6. The molecule has 1 heterocycles. The first kappa shape index (κ1) is 9.80. The largest absolute Gasteiger partial charge is 0.447 e. The first-order valence-electron chi connectivity index (χ1n) is 4.05. The maximum atomic E-state index is 11.1. The normalized spacial score (nSPS) is 23.9. The number of carbonyl (C=O) groups is 1. The highest BCUT2D eigenvalue weighted by Crippen LogP contribution is 2.15. The Hall–Kier alpha value is -1.29. The van der Waals surface area contributed by atoms with Crippen LogP contribution in [0.15, 0.2) is 25.3 Å². The number of hydrogen-bond donors (Lipinski definition) is 1. The van der Waals surface area contributed by atoms with Gasteiger partial charge in [0.15, 0.2) is 0 Å². The van der Waals surface area contributed by atoms with Gasteiger partial charge in [0, 0.05) is 6.54 Å². The summed E-state index contributed by atoms with van der Waals surface area (Å²) >= 11 is 0. The number of carbonyl (C=O) groups excluding carboxylic acids is 1. The van der Waals surface area contributed by atoms with Gasteiger partial charge in [-0.25, -0.2) is 4.79 Å². The van der Waals surface area contributed by atoms with Crippen LogP contribution in [0, 0.1) is 0 Å². The number of hydrogen-bond acceptors (Lipinski definition) is 3. The van der Waals surface area contributed by atoms with E-state index in [1.54, 1.807) is 6.08 Å². The van der Waals surface area contributed by atoms with E-state index < -0.39 is 12.2 Å². The van der Waals surface area contributed by atoms with E-state index in [2.05, 4.69) is 13.2 Å². The average Bonchev–Trinajstić information content (AvgIpc) is 2.48. The van der Waals surface area contributed by atoms with Crippen molar-refractivity contribution in [2.24, 2.45) is 0 Å². The summed E-state index contributed by atoms with van der Waals surface area (Å²) in [7, 11) is 0. The quantitative estimate of drug-likeness (QED) is 0.647. The second-order valence-electron chi connectivity index (χ2n) is 2.81. The molecule has 1 rings (SSSR count). The Kier molecular flexibility index (Phi) is 3.08. The first-order valence-corrected chi connectivity index (χ1v) is 4.05. The molecule has 1 amide bonds. The molecule has 4 heteroatoms. The fourth-order valence-corrected chi connectivity index (χ4v) is 1.25. The number of aliphatic hydroxyl groups is 1. The summed E-state index contributed by atoms with van der Waals surface area (Å²) in [6.45, 7) is 7.57. The average molecular weight is 183 g/mol. The summed E-state index contributed by atoms with van der Waals surface area (Å²) in [5.74, 6) is 0. The molecule has 0 aromatic rings. The van der Waals surface area contributed by atoms with E-state index in [1.807, 2.05) is 0 Å². The third kappa shape index (κ3) is 1.89. The van der Waals surface area contributed by atoms with E-state index in [1.165, 1.54) is 11.0 Å². The Balaban J connectivity index is 2.68. The number of amides is 1. The number of aliphatic hydroxyl groups excluding tert-OH is 1. The van der Waals surface area contributed by atoms with Gasteiger partial charge >= 0.3 is 6.09 Å². The van der Waals surface area contributed by atoms with Crippen LogP contribution in [0.4, 0.5) is 4.79 Å². The first-order chi connectivity index (χ1) is 6.20. The van der Waals surface area contributed by atoms with Crippen LogP contribution in [0.5, 0.6) is 0 Å². The van der Waals surface area contributed by atoms with Crippen LogP contribution in [-0.2, 0) is 4.74 Å². The minimum Gasteiger partial charge on any atom is -0.447 e. The van der Waals surface area contributed by atoms with E-state index in [0.717, 1.165) is 0 Å². The van der Waals surface area contributed by atoms with E-state index in [4.69, 9.17) is 4.74 Å². The number of cyclic esters (lactones) is 1. The smallest absolute Gasteiger partial charge is 0.410 e. The van der Waals surface area contributed by atoms with Crippen molar-refractivity contribution in [1.29, 1.82) is 0 Å². The van der Waals surface area contributed by atoms with E-state index in [-0.39, 0.29) is 12.6 Å². The van der Waals surface area contributed by atoms with Crippen LogP contribution in [0.1, 0.15) is 0 Å². The van der Waals surface area contributed by atoms with Gasteiger partial charge < -0.3 is 9.84 Å². The van der Waals surface area contributed by atoms with Crippen molar-refractivity contribution in [3.8, 4) is 0 Å². The van der Waals surface area contributed by atoms with Crippen molar-refractivity contribution in [3.05, 3.63) is 25.3 Å². The van der Waals surface area contributed by atoms with Crippen LogP contribution in [0.25, 0.3) is 0 Å². The lowest BCUT2D eigenvalue weighted by molar-refractivity contribution is 0.127. The van der Waals surface area contributed by atoms with Crippen LogP contribution < -0.4 is 0 Å². The Morgan fingerprint density at radius 2 is 2.46 bits per heavy atom. The van der Waals surface area contributed by atoms with Gasteiger partial charge in [-0.2, -0.15) is 0 Å². The second-order valence-corrected chi connectivity index (χ2v) is 2.81. The molecule has 1 fully saturated rings. The standard InChI is InChI=1S/C9H13NO3/c1-3-5-10-7(8(11)4-2)6-13-9(10)12/h3-4,7-8,11H,1-2,5-6H2/t7-,8-/m1/s1. The highest BCUT2D eigenvalue weighted by Gasteiger charge is 2.35. The second kappa shape index (κ2) is 4.09. The summed E-state index contributed by atoms with van der Waals surface area (Å²) in [4.78, 5) is 12.5. The van der Waals surface area contributed by atoms with Gasteiger partial charge in [0.05, 0.1) is 12.1 Å². The molecule has 1 aliphatic rings. The lowest BCUT2D eigenvalue weighted by Crippen LogP contribution is -2.41. The summed E-state index contributed by atoms with van der Waals surface area (Å²) < 4.78 is 4.79. The van der Waals surface area contributed by atoms with Gasteiger partial charge in [-0.3, -0.25) is 4.90 Å². The zero-order chi connectivity index (χ0) is 9.84. The van der Waals surface area contributed by atoms with Crippen LogP contribution in [0.2, 0.25) is 0 Å². The van der Waals surface area contributed by atoms with Crippen molar-refractivity contribution in [3.63, 3.8) is 0 Å². The molecule has 0 bridgehead atoms. The van der Waals surface area contributed by atoms with Gasteiger partial charge in [0.1, 0.15) is 6.61 Å². The number of rotatable bonds is 4. The Morgan fingerprint density at radius 3 is 3.00 bits per heavy atom. The van der Waals surface area contributed by atoms with Crippen LogP contribution >= 0.6 is 0 Å². The van der Waals surface area contributed by atoms with Gasteiger partial charge in [0.2, 0.25) is 0 Å². The SMILES string of the molecule is C=CCN1C(=O)OC[C@@H]1[C@H](O)C=C. The summed E-state index contributed by atoms with van der Waals surface area (Å²) in [6, 6.07) is -0.331. The molecular weight excluding hydrogens is 170 g/mol. The Morgan fingerprint density at radius 1 is 1.77 bits per heavy atom. The number of ether oxygens (including phenoxy) is 1. The maximum Gasteiger partial charge on any atom is 0.410 e. The molecule has 72 valence electrons. The predicted molar refractivity (Wildman–Crippen MR) is 48.2 cm³/mol. The fraction of sp³-hybridized carbons (Fsp3) is 0.444. The molecule has 0 unspecified atom stereocenters. The Bertz CT molecular complexity index is 227.